The molecule has 2 amide bonds. The Labute approximate surface area is 175 Å². The Kier molecular flexibility index (Phi) is 6.71. The number of carbonyl (C=O) groups is 2. The first-order chi connectivity index (χ1) is 13.8. The third-order valence-corrected chi connectivity index (χ3v) is 8.13. The summed E-state index contributed by atoms with van der Waals surface area (Å²) < 4.78 is 27.3. The Morgan fingerprint density at radius 2 is 1.83 bits per heavy atom. The van der Waals surface area contributed by atoms with Crippen LogP contribution in [0.3, 0.4) is 0 Å². The molecule has 1 aromatic carbocycles. The molecule has 1 aromatic heterocycles. The summed E-state index contributed by atoms with van der Waals surface area (Å²) in [6, 6.07) is 10.0. The van der Waals surface area contributed by atoms with E-state index in [-0.39, 0.29) is 22.4 Å². The van der Waals surface area contributed by atoms with Crippen molar-refractivity contribution in [2.75, 3.05) is 32.5 Å². The van der Waals surface area contributed by atoms with E-state index in [1.54, 1.807) is 50.5 Å². The lowest BCUT2D eigenvalue weighted by Crippen LogP contribution is -2.35. The lowest BCUT2D eigenvalue weighted by molar-refractivity contribution is -0.115. The van der Waals surface area contributed by atoms with Crippen molar-refractivity contribution >= 4 is 38.9 Å². The van der Waals surface area contributed by atoms with Gasteiger partial charge in [-0.05, 0) is 43.2 Å². The SMILES string of the molecule is CN(C)C(=O)c1cccc(NC(=O)Cc2ccc(S(=O)(=O)N3CCCCC3)s2)c1. The van der Waals surface area contributed by atoms with Crippen molar-refractivity contribution in [2.45, 2.75) is 29.9 Å². The number of carbonyl (C=O) groups excluding carboxylic acids is 2. The quantitative estimate of drug-likeness (QED) is 0.756. The summed E-state index contributed by atoms with van der Waals surface area (Å²) in [4.78, 5) is 26.6. The van der Waals surface area contributed by atoms with Crippen molar-refractivity contribution in [1.29, 1.82) is 0 Å². The minimum atomic E-state index is -3.48. The van der Waals surface area contributed by atoms with E-state index in [0.29, 0.717) is 29.2 Å². The van der Waals surface area contributed by atoms with Crippen molar-refractivity contribution in [2.24, 2.45) is 0 Å². The number of hydrogen-bond acceptors (Lipinski definition) is 5. The van der Waals surface area contributed by atoms with Gasteiger partial charge in [0.05, 0.1) is 6.42 Å². The Hall–Kier alpha value is -2.23. The molecule has 1 aliphatic heterocycles. The first-order valence-corrected chi connectivity index (χ1v) is 11.7. The highest BCUT2D eigenvalue weighted by Gasteiger charge is 2.27. The van der Waals surface area contributed by atoms with Crippen molar-refractivity contribution in [3.63, 3.8) is 0 Å². The zero-order chi connectivity index (χ0) is 21.0. The summed E-state index contributed by atoms with van der Waals surface area (Å²) in [5.41, 5.74) is 1.01. The average molecular weight is 436 g/mol. The summed E-state index contributed by atoms with van der Waals surface area (Å²) in [7, 11) is -0.148. The molecule has 9 heteroatoms. The highest BCUT2D eigenvalue weighted by atomic mass is 32.2. The number of nitrogens with zero attached hydrogens (tertiary/aromatic N) is 2. The molecular weight excluding hydrogens is 410 g/mol. The maximum absolute atomic E-state index is 12.7. The lowest BCUT2D eigenvalue weighted by atomic mass is 10.1. The molecule has 7 nitrogen and oxygen atoms in total. The van der Waals surface area contributed by atoms with E-state index in [0.717, 1.165) is 30.6 Å². The second-order valence-corrected chi connectivity index (χ2v) is 10.5. The molecule has 156 valence electrons. The van der Waals surface area contributed by atoms with Gasteiger partial charge < -0.3 is 10.2 Å². The summed E-state index contributed by atoms with van der Waals surface area (Å²) in [6.45, 7) is 1.11. The fourth-order valence-corrected chi connectivity index (χ4v) is 6.20. The van der Waals surface area contributed by atoms with Gasteiger partial charge in [-0.2, -0.15) is 4.31 Å². The third-order valence-electron chi connectivity index (χ3n) is 4.68. The number of hydrogen-bond donors (Lipinski definition) is 1. The van der Waals surface area contributed by atoms with Gasteiger partial charge in [-0.15, -0.1) is 11.3 Å². The molecule has 0 unspecified atom stereocenters. The molecule has 1 N–H and O–H groups in total. The van der Waals surface area contributed by atoms with Crippen LogP contribution in [0.4, 0.5) is 5.69 Å². The van der Waals surface area contributed by atoms with Crippen molar-refractivity contribution in [1.82, 2.24) is 9.21 Å². The molecule has 0 atom stereocenters. The molecule has 0 radical (unpaired) electrons. The zero-order valence-corrected chi connectivity index (χ0v) is 18.2. The second kappa shape index (κ2) is 9.06. The van der Waals surface area contributed by atoms with Gasteiger partial charge in [0, 0.05) is 43.3 Å². The zero-order valence-electron chi connectivity index (χ0n) is 16.6. The minimum absolute atomic E-state index is 0.0754. The molecule has 1 fully saturated rings. The second-order valence-electron chi connectivity index (χ2n) is 7.19. The maximum Gasteiger partial charge on any atom is 0.253 e. The van der Waals surface area contributed by atoms with Crippen LogP contribution in [0.25, 0.3) is 0 Å². The molecule has 0 aliphatic carbocycles. The van der Waals surface area contributed by atoms with E-state index >= 15 is 0 Å². The smallest absolute Gasteiger partial charge is 0.253 e. The number of amides is 2. The first-order valence-electron chi connectivity index (χ1n) is 9.48. The molecule has 1 saturated heterocycles. The van der Waals surface area contributed by atoms with Crippen LogP contribution in [-0.2, 0) is 21.2 Å². The van der Waals surface area contributed by atoms with E-state index < -0.39 is 10.0 Å². The van der Waals surface area contributed by atoms with Crippen LogP contribution in [0.1, 0.15) is 34.5 Å². The van der Waals surface area contributed by atoms with Gasteiger partial charge in [0.1, 0.15) is 4.21 Å². The average Bonchev–Trinajstić information content (AvgIpc) is 3.17. The van der Waals surface area contributed by atoms with Gasteiger partial charge in [-0.1, -0.05) is 12.5 Å². The van der Waals surface area contributed by atoms with Crippen LogP contribution in [-0.4, -0.2) is 56.6 Å². The topological polar surface area (TPSA) is 86.8 Å². The van der Waals surface area contributed by atoms with Gasteiger partial charge in [0.2, 0.25) is 5.91 Å². The van der Waals surface area contributed by atoms with E-state index in [1.807, 2.05) is 0 Å². The van der Waals surface area contributed by atoms with E-state index in [2.05, 4.69) is 5.32 Å². The summed E-state index contributed by atoms with van der Waals surface area (Å²) in [5.74, 6) is -0.407. The number of piperidine rings is 1. The predicted molar refractivity (Wildman–Crippen MR) is 114 cm³/mol. The van der Waals surface area contributed by atoms with E-state index in [9.17, 15) is 18.0 Å². The van der Waals surface area contributed by atoms with Gasteiger partial charge in [-0.3, -0.25) is 9.59 Å². The van der Waals surface area contributed by atoms with E-state index in [1.165, 1.54) is 9.21 Å². The molecule has 3 rings (SSSR count). The molecule has 0 saturated carbocycles. The van der Waals surface area contributed by atoms with Gasteiger partial charge >= 0.3 is 0 Å². The number of rotatable bonds is 6. The van der Waals surface area contributed by atoms with Crippen molar-refractivity contribution in [3.8, 4) is 0 Å². The molecule has 2 aromatic rings. The standard InChI is InChI=1S/C20H25N3O4S2/c1-22(2)20(25)15-7-6-8-16(13-15)21-18(24)14-17-9-10-19(28-17)29(26,27)23-11-4-3-5-12-23/h6-10,13H,3-5,11-12,14H2,1-2H3,(H,21,24). The number of sulfonamides is 1. The molecule has 0 spiro atoms. The summed E-state index contributed by atoms with van der Waals surface area (Å²) in [6.07, 6.45) is 2.90. The molecule has 0 bridgehead atoms. The molecule has 1 aliphatic rings. The molecule has 29 heavy (non-hydrogen) atoms. The first kappa shape index (κ1) is 21.5. The number of benzene rings is 1. The van der Waals surface area contributed by atoms with Crippen LogP contribution in [0.15, 0.2) is 40.6 Å². The Balaban J connectivity index is 1.65. The Bertz CT molecular complexity index is 993. The largest absolute Gasteiger partial charge is 0.345 e. The Morgan fingerprint density at radius 1 is 1.10 bits per heavy atom. The molecule has 2 heterocycles. The van der Waals surface area contributed by atoms with E-state index in [4.69, 9.17) is 0 Å². The maximum atomic E-state index is 12.7. The summed E-state index contributed by atoms with van der Waals surface area (Å²) in [5, 5.41) is 2.77. The van der Waals surface area contributed by atoms with Crippen LogP contribution >= 0.6 is 11.3 Å². The fraction of sp³-hybridized carbons (Fsp3) is 0.400. The Morgan fingerprint density at radius 3 is 2.52 bits per heavy atom. The number of nitrogens with one attached hydrogen (secondary N) is 1. The van der Waals surface area contributed by atoms with Gasteiger partial charge in [0.25, 0.3) is 15.9 Å². The van der Waals surface area contributed by atoms with Crippen LogP contribution in [0.2, 0.25) is 0 Å². The molecular formula is C20H25N3O4S2. The van der Waals surface area contributed by atoms with Crippen molar-refractivity contribution in [3.05, 3.63) is 46.8 Å². The predicted octanol–water partition coefficient (Wildman–Crippen LogP) is 2.81. The third kappa shape index (κ3) is 5.23. The highest BCUT2D eigenvalue weighted by molar-refractivity contribution is 7.91. The highest BCUT2D eigenvalue weighted by Crippen LogP contribution is 2.27. The fourth-order valence-electron chi connectivity index (χ4n) is 3.18. The van der Waals surface area contributed by atoms with Crippen molar-refractivity contribution < 1.29 is 18.0 Å². The monoisotopic (exact) mass is 435 g/mol. The van der Waals surface area contributed by atoms with Crippen LogP contribution < -0.4 is 5.32 Å². The van der Waals surface area contributed by atoms with Crippen LogP contribution in [0.5, 0.6) is 0 Å². The normalized spacial score (nSPS) is 15.1. The van der Waals surface area contributed by atoms with Gasteiger partial charge in [-0.25, -0.2) is 8.42 Å². The minimum Gasteiger partial charge on any atom is -0.345 e. The van der Waals surface area contributed by atoms with Crippen LogP contribution in [0, 0.1) is 0 Å². The van der Waals surface area contributed by atoms with Gasteiger partial charge in [0.15, 0.2) is 0 Å². The number of anilines is 1. The summed E-state index contributed by atoms with van der Waals surface area (Å²) >= 11 is 1.13. The lowest BCUT2D eigenvalue weighted by Gasteiger charge is -2.25. The number of thiophene rings is 1.